The van der Waals surface area contributed by atoms with Crippen LogP contribution in [-0.2, 0) is 20.7 Å². The minimum absolute atomic E-state index is 0.206. The number of halogens is 1. The third-order valence-corrected chi connectivity index (χ3v) is 4.48. The van der Waals surface area contributed by atoms with Gasteiger partial charge in [0.05, 0.1) is 7.11 Å². The summed E-state index contributed by atoms with van der Waals surface area (Å²) in [7, 11) is 1.29. The van der Waals surface area contributed by atoms with Gasteiger partial charge in [0.25, 0.3) is 5.91 Å². The van der Waals surface area contributed by atoms with Gasteiger partial charge in [0, 0.05) is 11.4 Å². The number of carbonyl (C=O) groups is 2. The predicted molar refractivity (Wildman–Crippen MR) is 101 cm³/mol. The van der Waals surface area contributed by atoms with E-state index in [9.17, 15) is 9.59 Å². The summed E-state index contributed by atoms with van der Waals surface area (Å²) < 4.78 is 10.3. The molecule has 0 aromatic heterocycles. The minimum atomic E-state index is -0.771. The molecule has 0 fully saturated rings. The van der Waals surface area contributed by atoms with E-state index < -0.39 is 17.9 Å². The number of aryl methyl sites for hydroxylation is 2. The van der Waals surface area contributed by atoms with E-state index in [2.05, 4.69) is 5.32 Å². The molecule has 5 nitrogen and oxygen atoms in total. The summed E-state index contributed by atoms with van der Waals surface area (Å²) in [5.74, 6) is -0.348. The molecular formula is C20H22ClNO4. The number of methoxy groups -OCH3 is 1. The van der Waals surface area contributed by atoms with Crippen LogP contribution in [-0.4, -0.2) is 31.6 Å². The number of hydrogen-bond donors (Lipinski definition) is 1. The number of esters is 1. The van der Waals surface area contributed by atoms with Crippen molar-refractivity contribution in [2.24, 2.45) is 0 Å². The Hall–Kier alpha value is -2.53. The van der Waals surface area contributed by atoms with Gasteiger partial charge in [-0.25, -0.2) is 4.79 Å². The first-order valence-electron chi connectivity index (χ1n) is 8.21. The predicted octanol–water partition coefficient (Wildman–Crippen LogP) is 3.24. The smallest absolute Gasteiger partial charge is 0.328 e. The fraction of sp³-hybridized carbons (Fsp3) is 0.300. The van der Waals surface area contributed by atoms with Crippen LogP contribution in [0.25, 0.3) is 0 Å². The molecule has 1 N–H and O–H groups in total. The quantitative estimate of drug-likeness (QED) is 0.754. The molecule has 0 heterocycles. The molecule has 0 aliphatic rings. The molecule has 0 saturated heterocycles. The molecular weight excluding hydrogens is 354 g/mol. The lowest BCUT2D eigenvalue weighted by molar-refractivity contribution is -0.145. The summed E-state index contributed by atoms with van der Waals surface area (Å²) in [6.07, 6.45) is 0.346. The van der Waals surface area contributed by atoms with E-state index in [1.807, 2.05) is 44.2 Å². The van der Waals surface area contributed by atoms with Crippen LogP contribution in [0.3, 0.4) is 0 Å². The van der Waals surface area contributed by atoms with Crippen LogP contribution in [0.4, 0.5) is 0 Å². The lowest BCUT2D eigenvalue weighted by atomic mass is 10.1. The van der Waals surface area contributed by atoms with Crippen molar-refractivity contribution >= 4 is 23.5 Å². The molecule has 0 saturated carbocycles. The summed E-state index contributed by atoms with van der Waals surface area (Å²) >= 11 is 6.12. The number of rotatable bonds is 7. The van der Waals surface area contributed by atoms with E-state index in [-0.39, 0.29) is 6.61 Å². The molecule has 0 aliphatic heterocycles. The summed E-state index contributed by atoms with van der Waals surface area (Å²) in [5, 5.41) is 3.34. The number of carbonyl (C=O) groups excluding carboxylic acids is 2. The molecule has 0 bridgehead atoms. The summed E-state index contributed by atoms with van der Waals surface area (Å²) in [6.45, 7) is 3.54. The van der Waals surface area contributed by atoms with Gasteiger partial charge in [-0.1, -0.05) is 41.9 Å². The van der Waals surface area contributed by atoms with E-state index >= 15 is 0 Å². The number of ether oxygens (including phenoxy) is 2. The number of nitrogens with one attached hydrogen (secondary N) is 1. The number of benzene rings is 2. The van der Waals surface area contributed by atoms with Gasteiger partial charge >= 0.3 is 5.97 Å². The van der Waals surface area contributed by atoms with Gasteiger partial charge in [0.15, 0.2) is 6.61 Å². The van der Waals surface area contributed by atoms with Crippen LogP contribution < -0.4 is 10.1 Å². The van der Waals surface area contributed by atoms with E-state index in [0.717, 1.165) is 16.7 Å². The first-order valence-corrected chi connectivity index (χ1v) is 8.59. The number of amides is 1. The lowest BCUT2D eigenvalue weighted by Gasteiger charge is -2.17. The zero-order chi connectivity index (χ0) is 19.1. The van der Waals surface area contributed by atoms with Crippen molar-refractivity contribution in [2.75, 3.05) is 13.7 Å². The maximum atomic E-state index is 12.2. The maximum absolute atomic E-state index is 12.2. The Morgan fingerprint density at radius 2 is 1.73 bits per heavy atom. The second-order valence-electron chi connectivity index (χ2n) is 5.99. The molecule has 1 amide bonds. The Labute approximate surface area is 158 Å². The van der Waals surface area contributed by atoms with Gasteiger partial charge in [-0.15, -0.1) is 0 Å². The molecule has 2 aromatic rings. The second kappa shape index (κ2) is 9.25. The van der Waals surface area contributed by atoms with E-state index in [1.165, 1.54) is 7.11 Å². The zero-order valence-electron chi connectivity index (χ0n) is 15.0. The van der Waals surface area contributed by atoms with Crippen LogP contribution >= 0.6 is 11.6 Å². The highest BCUT2D eigenvalue weighted by molar-refractivity contribution is 6.32. The van der Waals surface area contributed by atoms with Crippen LogP contribution in [0.15, 0.2) is 42.5 Å². The molecule has 2 aromatic carbocycles. The van der Waals surface area contributed by atoms with E-state index in [0.29, 0.717) is 17.2 Å². The van der Waals surface area contributed by atoms with E-state index in [4.69, 9.17) is 21.1 Å². The third-order valence-electron chi connectivity index (χ3n) is 3.88. The molecule has 0 radical (unpaired) electrons. The van der Waals surface area contributed by atoms with Crippen LogP contribution in [0, 0.1) is 13.8 Å². The topological polar surface area (TPSA) is 64.6 Å². The average Bonchev–Trinajstić information content (AvgIpc) is 2.64. The fourth-order valence-electron chi connectivity index (χ4n) is 2.56. The molecule has 6 heteroatoms. The van der Waals surface area contributed by atoms with Gasteiger partial charge in [-0.05, 0) is 42.7 Å². The SMILES string of the molecule is COC(=O)C(Cc1ccccc1)NC(=O)COc1cc(C)c(Cl)c(C)c1. The first kappa shape index (κ1) is 19.8. The van der Waals surface area contributed by atoms with Crippen molar-refractivity contribution in [2.45, 2.75) is 26.3 Å². The summed E-state index contributed by atoms with van der Waals surface area (Å²) in [5.41, 5.74) is 2.67. The van der Waals surface area contributed by atoms with Crippen LogP contribution in [0.1, 0.15) is 16.7 Å². The lowest BCUT2D eigenvalue weighted by Crippen LogP contribution is -2.44. The Kier molecular flexibility index (Phi) is 7.04. The highest BCUT2D eigenvalue weighted by Crippen LogP contribution is 2.25. The average molecular weight is 376 g/mol. The molecule has 138 valence electrons. The van der Waals surface area contributed by atoms with Crippen LogP contribution in [0.5, 0.6) is 5.75 Å². The Morgan fingerprint density at radius 1 is 1.12 bits per heavy atom. The third kappa shape index (κ3) is 5.49. The molecule has 0 aliphatic carbocycles. The van der Waals surface area contributed by atoms with Gasteiger partial charge in [0.2, 0.25) is 0 Å². The minimum Gasteiger partial charge on any atom is -0.484 e. The van der Waals surface area contributed by atoms with Gasteiger partial charge in [0.1, 0.15) is 11.8 Å². The van der Waals surface area contributed by atoms with Crippen molar-refractivity contribution in [1.29, 1.82) is 0 Å². The fourth-order valence-corrected chi connectivity index (χ4v) is 2.67. The standard InChI is InChI=1S/C20H22ClNO4/c1-13-9-16(10-14(2)19(13)21)26-12-18(23)22-17(20(24)25-3)11-15-7-5-4-6-8-15/h4-10,17H,11-12H2,1-3H3,(H,22,23). The van der Waals surface area contributed by atoms with Crippen molar-refractivity contribution in [3.63, 3.8) is 0 Å². The highest BCUT2D eigenvalue weighted by Gasteiger charge is 2.22. The van der Waals surface area contributed by atoms with Gasteiger partial charge in [-0.3, -0.25) is 4.79 Å². The molecule has 26 heavy (non-hydrogen) atoms. The molecule has 2 rings (SSSR count). The molecule has 1 atom stereocenters. The second-order valence-corrected chi connectivity index (χ2v) is 6.37. The number of hydrogen-bond acceptors (Lipinski definition) is 4. The maximum Gasteiger partial charge on any atom is 0.328 e. The Bertz CT molecular complexity index is 754. The first-order chi connectivity index (χ1) is 12.4. The summed E-state index contributed by atoms with van der Waals surface area (Å²) in [6, 6.07) is 12.2. The Morgan fingerprint density at radius 3 is 2.31 bits per heavy atom. The van der Waals surface area contributed by atoms with Crippen molar-refractivity contribution in [3.05, 3.63) is 64.2 Å². The van der Waals surface area contributed by atoms with Gasteiger partial charge in [-0.2, -0.15) is 0 Å². The Balaban J connectivity index is 1.97. The molecule has 1 unspecified atom stereocenters. The molecule has 0 spiro atoms. The monoisotopic (exact) mass is 375 g/mol. The van der Waals surface area contributed by atoms with Crippen LogP contribution in [0.2, 0.25) is 5.02 Å². The summed E-state index contributed by atoms with van der Waals surface area (Å²) in [4.78, 5) is 24.2. The van der Waals surface area contributed by atoms with Crippen molar-refractivity contribution in [1.82, 2.24) is 5.32 Å². The highest BCUT2D eigenvalue weighted by atomic mass is 35.5. The van der Waals surface area contributed by atoms with Gasteiger partial charge < -0.3 is 14.8 Å². The largest absolute Gasteiger partial charge is 0.484 e. The normalized spacial score (nSPS) is 11.5. The van der Waals surface area contributed by atoms with Crippen molar-refractivity contribution < 1.29 is 19.1 Å². The van der Waals surface area contributed by atoms with E-state index in [1.54, 1.807) is 12.1 Å². The van der Waals surface area contributed by atoms with Crippen molar-refractivity contribution in [3.8, 4) is 5.75 Å². The zero-order valence-corrected chi connectivity index (χ0v) is 15.8.